The number of carbonyl (C=O) groups is 2. The first kappa shape index (κ1) is 20.7. The van der Waals surface area contributed by atoms with E-state index in [1.807, 2.05) is 27.7 Å². The average molecular weight is 384 g/mol. The molecular formula is C19H29NO5S. The van der Waals surface area contributed by atoms with Crippen LogP contribution in [0.15, 0.2) is 6.07 Å². The summed E-state index contributed by atoms with van der Waals surface area (Å²) in [6.07, 6.45) is 2.70. The van der Waals surface area contributed by atoms with E-state index in [4.69, 9.17) is 9.47 Å². The second-order valence-corrected chi connectivity index (χ2v) is 8.81. The number of ether oxygens (including phenoxy) is 2. The number of amides is 1. The molecule has 0 aliphatic carbocycles. The molecule has 0 radical (unpaired) electrons. The molecule has 2 rings (SSSR count). The van der Waals surface area contributed by atoms with E-state index in [1.165, 1.54) is 11.3 Å². The first-order chi connectivity index (χ1) is 12.2. The van der Waals surface area contributed by atoms with Gasteiger partial charge in [0.25, 0.3) is 0 Å². The van der Waals surface area contributed by atoms with E-state index in [1.54, 1.807) is 11.0 Å². The smallest absolute Gasteiger partial charge is 0.410 e. The summed E-state index contributed by atoms with van der Waals surface area (Å²) in [5.74, 6) is -0.893. The Labute approximate surface area is 159 Å². The van der Waals surface area contributed by atoms with Gasteiger partial charge in [0, 0.05) is 24.6 Å². The number of aromatic carboxylic acids is 1. The molecule has 6 nitrogen and oxygen atoms in total. The Bertz CT molecular complexity index is 634. The number of hydrogen-bond acceptors (Lipinski definition) is 5. The van der Waals surface area contributed by atoms with Crippen LogP contribution in [0.2, 0.25) is 0 Å². The number of aryl methyl sites for hydroxylation is 1. The van der Waals surface area contributed by atoms with Crippen molar-refractivity contribution in [3.05, 3.63) is 21.4 Å². The van der Waals surface area contributed by atoms with Gasteiger partial charge in [-0.15, -0.1) is 11.3 Å². The van der Waals surface area contributed by atoms with Gasteiger partial charge in [-0.1, -0.05) is 0 Å². The highest BCUT2D eigenvalue weighted by atomic mass is 32.1. The molecule has 0 fully saturated rings. The first-order valence-corrected chi connectivity index (χ1v) is 9.92. The van der Waals surface area contributed by atoms with Crippen LogP contribution in [0, 0.1) is 0 Å². The molecule has 1 atom stereocenters. The molecule has 1 aliphatic rings. The van der Waals surface area contributed by atoms with Crippen molar-refractivity contribution in [2.75, 3.05) is 19.7 Å². The number of carboxylic acids is 1. The van der Waals surface area contributed by atoms with Gasteiger partial charge in [-0.3, -0.25) is 0 Å². The number of fused-ring (bicyclic) bond motifs is 1. The van der Waals surface area contributed by atoms with Crippen molar-refractivity contribution in [2.45, 2.75) is 65.1 Å². The Morgan fingerprint density at radius 1 is 1.31 bits per heavy atom. The number of nitrogens with zero attached hydrogens (tertiary/aromatic N) is 1. The fraction of sp³-hybridized carbons (Fsp3) is 0.684. The molecule has 0 aromatic carbocycles. The van der Waals surface area contributed by atoms with E-state index in [9.17, 15) is 14.7 Å². The lowest BCUT2D eigenvalue weighted by molar-refractivity contribution is 0.0196. The van der Waals surface area contributed by atoms with Crippen LogP contribution in [-0.2, 0) is 22.3 Å². The molecule has 0 bridgehead atoms. The summed E-state index contributed by atoms with van der Waals surface area (Å²) >= 11 is 1.33. The maximum absolute atomic E-state index is 12.4. The third-order valence-corrected chi connectivity index (χ3v) is 5.30. The highest BCUT2D eigenvalue weighted by Crippen LogP contribution is 2.26. The molecule has 0 spiro atoms. The summed E-state index contributed by atoms with van der Waals surface area (Å²) in [5.41, 5.74) is 0.521. The van der Waals surface area contributed by atoms with Gasteiger partial charge in [0.2, 0.25) is 0 Å². The molecule has 0 saturated carbocycles. The zero-order valence-electron chi connectivity index (χ0n) is 16.0. The van der Waals surface area contributed by atoms with Gasteiger partial charge in [0.15, 0.2) is 0 Å². The van der Waals surface area contributed by atoms with E-state index < -0.39 is 11.6 Å². The number of carboxylic acid groups (broad SMARTS) is 1. The lowest BCUT2D eigenvalue weighted by Crippen LogP contribution is -2.38. The highest BCUT2D eigenvalue weighted by Gasteiger charge is 2.23. The van der Waals surface area contributed by atoms with Crippen LogP contribution < -0.4 is 0 Å². The second kappa shape index (κ2) is 8.86. The van der Waals surface area contributed by atoms with Gasteiger partial charge in [0.1, 0.15) is 10.5 Å². The molecule has 146 valence electrons. The summed E-state index contributed by atoms with van der Waals surface area (Å²) in [6.45, 7) is 9.32. The molecule has 7 heteroatoms. The van der Waals surface area contributed by atoms with E-state index in [0.29, 0.717) is 24.6 Å². The van der Waals surface area contributed by atoms with Crippen molar-refractivity contribution in [2.24, 2.45) is 0 Å². The van der Waals surface area contributed by atoms with Crippen molar-refractivity contribution >= 4 is 23.4 Å². The monoisotopic (exact) mass is 383 g/mol. The Morgan fingerprint density at radius 2 is 2.00 bits per heavy atom. The summed E-state index contributed by atoms with van der Waals surface area (Å²) in [7, 11) is 0. The van der Waals surface area contributed by atoms with Crippen molar-refractivity contribution in [1.82, 2.24) is 4.90 Å². The molecular weight excluding hydrogens is 354 g/mol. The number of thiophene rings is 1. The minimum atomic E-state index is -0.893. The Balaban J connectivity index is 2.12. The van der Waals surface area contributed by atoms with Gasteiger partial charge in [-0.2, -0.15) is 0 Å². The van der Waals surface area contributed by atoms with Crippen molar-refractivity contribution in [3.8, 4) is 0 Å². The lowest BCUT2D eigenvalue weighted by Gasteiger charge is -2.28. The Hall–Kier alpha value is -1.60. The standard InChI is InChI=1S/C19H29NO5S/c1-13-11-14-12-16(17(21)22)26-15(14)7-5-8-20(9-6-10-24-13)18(23)25-19(2,3)4/h12-13H,5-11H2,1-4H3,(H,21,22)/t13-/m0/s1. The third-order valence-electron chi connectivity index (χ3n) is 4.07. The predicted octanol–water partition coefficient (Wildman–Crippen LogP) is 3.97. The van der Waals surface area contributed by atoms with Gasteiger partial charge in [-0.25, -0.2) is 9.59 Å². The van der Waals surface area contributed by atoms with Crippen LogP contribution in [0.1, 0.15) is 60.6 Å². The normalized spacial score (nSPS) is 19.8. The largest absolute Gasteiger partial charge is 0.477 e. The minimum Gasteiger partial charge on any atom is -0.477 e. The Kier molecular flexibility index (Phi) is 7.06. The molecule has 1 aromatic rings. The molecule has 1 aliphatic heterocycles. The van der Waals surface area contributed by atoms with Gasteiger partial charge < -0.3 is 19.5 Å². The number of hydrogen-bond donors (Lipinski definition) is 1. The van der Waals surface area contributed by atoms with Crippen LogP contribution in [0.25, 0.3) is 0 Å². The molecule has 1 aromatic heterocycles. The van der Waals surface area contributed by atoms with Crippen LogP contribution in [0.3, 0.4) is 0 Å². The summed E-state index contributed by atoms with van der Waals surface area (Å²) < 4.78 is 11.3. The van der Waals surface area contributed by atoms with Crippen LogP contribution in [0.5, 0.6) is 0 Å². The van der Waals surface area contributed by atoms with E-state index in [0.717, 1.165) is 36.1 Å². The van der Waals surface area contributed by atoms with Crippen molar-refractivity contribution in [1.29, 1.82) is 0 Å². The minimum absolute atomic E-state index is 0.0133. The summed E-state index contributed by atoms with van der Waals surface area (Å²) in [5, 5.41) is 9.27. The Morgan fingerprint density at radius 3 is 2.65 bits per heavy atom. The first-order valence-electron chi connectivity index (χ1n) is 9.10. The zero-order valence-corrected chi connectivity index (χ0v) is 16.9. The molecule has 0 saturated heterocycles. The summed E-state index contributed by atoms with van der Waals surface area (Å²) in [6, 6.07) is 1.76. The highest BCUT2D eigenvalue weighted by molar-refractivity contribution is 7.14. The molecule has 1 N–H and O–H groups in total. The maximum atomic E-state index is 12.4. The molecule has 2 heterocycles. The fourth-order valence-corrected chi connectivity index (χ4v) is 3.99. The van der Waals surface area contributed by atoms with Gasteiger partial charge in [-0.05, 0) is 65.0 Å². The van der Waals surface area contributed by atoms with Crippen molar-refractivity contribution in [3.63, 3.8) is 0 Å². The number of rotatable bonds is 1. The van der Waals surface area contributed by atoms with Crippen LogP contribution in [0.4, 0.5) is 4.79 Å². The van der Waals surface area contributed by atoms with Crippen LogP contribution in [-0.4, -0.2) is 53.5 Å². The molecule has 26 heavy (non-hydrogen) atoms. The molecule has 0 unspecified atom stereocenters. The zero-order chi connectivity index (χ0) is 19.3. The van der Waals surface area contributed by atoms with Gasteiger partial charge >= 0.3 is 12.1 Å². The third kappa shape index (κ3) is 6.29. The predicted molar refractivity (Wildman–Crippen MR) is 101 cm³/mol. The maximum Gasteiger partial charge on any atom is 0.410 e. The second-order valence-electron chi connectivity index (χ2n) is 7.67. The van der Waals surface area contributed by atoms with E-state index in [-0.39, 0.29) is 12.2 Å². The quantitative estimate of drug-likeness (QED) is 0.794. The molecule has 1 amide bonds. The summed E-state index contributed by atoms with van der Waals surface area (Å²) in [4.78, 5) is 26.9. The lowest BCUT2D eigenvalue weighted by atomic mass is 10.1. The fourth-order valence-electron chi connectivity index (χ4n) is 2.92. The topological polar surface area (TPSA) is 76.1 Å². The number of carbonyl (C=O) groups excluding carboxylic acids is 1. The van der Waals surface area contributed by atoms with E-state index in [2.05, 4.69) is 0 Å². The van der Waals surface area contributed by atoms with Gasteiger partial charge in [0.05, 0.1) is 6.10 Å². The van der Waals surface area contributed by atoms with E-state index >= 15 is 0 Å². The SMILES string of the molecule is C[C@H]1Cc2cc(C(=O)O)sc2CCCN(C(=O)OC(C)(C)C)CCCO1. The average Bonchev–Trinajstić information content (AvgIpc) is 2.89. The van der Waals surface area contributed by atoms with Crippen molar-refractivity contribution < 1.29 is 24.2 Å². The van der Waals surface area contributed by atoms with Crippen LogP contribution >= 0.6 is 11.3 Å².